The molecule has 0 unspecified atom stereocenters. The quantitative estimate of drug-likeness (QED) is 0.527. The molecule has 0 atom stereocenters. The van der Waals surface area contributed by atoms with Gasteiger partial charge in [-0.1, -0.05) is 12.1 Å². The Morgan fingerprint density at radius 1 is 1.58 bits per heavy atom. The Morgan fingerprint density at radius 3 is 3.00 bits per heavy atom. The van der Waals surface area contributed by atoms with Gasteiger partial charge < -0.3 is 5.73 Å². The number of carbonyl (C=O) groups excluding carboxylic acids is 1. The van der Waals surface area contributed by atoms with Gasteiger partial charge in [-0.3, -0.25) is 9.78 Å². The van der Waals surface area contributed by atoms with Crippen LogP contribution in [0.25, 0.3) is 0 Å². The molecule has 0 aliphatic heterocycles. The number of nitrogens with zero attached hydrogens (tertiary/aromatic N) is 1. The van der Waals surface area contributed by atoms with Crippen LogP contribution < -0.4 is 5.73 Å². The number of nitrogens with two attached hydrogens (primary N) is 1. The molecule has 0 radical (unpaired) electrons. The van der Waals surface area contributed by atoms with Crippen molar-refractivity contribution in [2.24, 2.45) is 5.73 Å². The van der Waals surface area contributed by atoms with Gasteiger partial charge in [-0.2, -0.15) is 0 Å². The van der Waals surface area contributed by atoms with Crippen molar-refractivity contribution in [3.05, 3.63) is 42.2 Å². The normalized spacial score (nSPS) is 10.4. The highest BCUT2D eigenvalue weighted by molar-refractivity contribution is 6.02. The van der Waals surface area contributed by atoms with Gasteiger partial charge in [-0.05, 0) is 18.2 Å². The average Bonchev–Trinajstić information content (AvgIpc) is 2.15. The molecule has 0 saturated heterocycles. The van der Waals surface area contributed by atoms with Gasteiger partial charge in [0.25, 0.3) is 0 Å². The van der Waals surface area contributed by atoms with E-state index in [-0.39, 0.29) is 5.78 Å². The third-order valence-electron chi connectivity index (χ3n) is 1.32. The molecular formula is C9H10N2O. The summed E-state index contributed by atoms with van der Waals surface area (Å²) < 4.78 is 0. The van der Waals surface area contributed by atoms with Crippen molar-refractivity contribution in [3.8, 4) is 0 Å². The summed E-state index contributed by atoms with van der Waals surface area (Å²) in [6, 6.07) is 5.21. The maximum absolute atomic E-state index is 11.2. The van der Waals surface area contributed by atoms with Crippen molar-refractivity contribution < 1.29 is 4.79 Å². The van der Waals surface area contributed by atoms with Crippen molar-refractivity contribution in [3.63, 3.8) is 0 Å². The average molecular weight is 162 g/mol. The van der Waals surface area contributed by atoms with E-state index < -0.39 is 0 Å². The highest BCUT2D eigenvalue weighted by Crippen LogP contribution is 1.95. The van der Waals surface area contributed by atoms with Crippen LogP contribution in [0, 0.1) is 0 Å². The minimum atomic E-state index is -0.110. The van der Waals surface area contributed by atoms with Gasteiger partial charge in [0.1, 0.15) is 5.69 Å². The largest absolute Gasteiger partial charge is 0.327 e. The Bertz CT molecular complexity index is 280. The molecule has 3 nitrogen and oxygen atoms in total. The first-order valence-corrected chi connectivity index (χ1v) is 3.66. The summed E-state index contributed by atoms with van der Waals surface area (Å²) >= 11 is 0. The molecule has 1 heterocycles. The third-order valence-corrected chi connectivity index (χ3v) is 1.32. The smallest absolute Gasteiger partial charge is 0.203 e. The van der Waals surface area contributed by atoms with E-state index in [4.69, 9.17) is 5.73 Å². The highest BCUT2D eigenvalue weighted by atomic mass is 16.1. The Kier molecular flexibility index (Phi) is 3.17. The maximum Gasteiger partial charge on any atom is 0.203 e. The number of hydrogen-bond donors (Lipinski definition) is 1. The molecule has 0 saturated carbocycles. The standard InChI is InChI=1S/C9H10N2O/c10-6-3-5-9(12)8-4-1-2-7-11-8/h1-5,7H,6,10H2/b5-3+. The van der Waals surface area contributed by atoms with E-state index >= 15 is 0 Å². The topological polar surface area (TPSA) is 56.0 Å². The number of pyridine rings is 1. The Labute approximate surface area is 70.9 Å². The predicted octanol–water partition coefficient (Wildman–Crippen LogP) is 0.779. The van der Waals surface area contributed by atoms with Gasteiger partial charge in [0.2, 0.25) is 5.78 Å². The van der Waals surface area contributed by atoms with Crippen molar-refractivity contribution in [1.82, 2.24) is 4.98 Å². The van der Waals surface area contributed by atoms with Crippen LogP contribution in [-0.4, -0.2) is 17.3 Å². The molecule has 0 aromatic carbocycles. The van der Waals surface area contributed by atoms with Gasteiger partial charge in [-0.25, -0.2) is 0 Å². The molecule has 3 heteroatoms. The second-order valence-electron chi connectivity index (χ2n) is 2.22. The number of aromatic nitrogens is 1. The van der Waals surface area contributed by atoms with Crippen molar-refractivity contribution in [1.29, 1.82) is 0 Å². The number of hydrogen-bond acceptors (Lipinski definition) is 3. The molecule has 0 aliphatic rings. The van der Waals surface area contributed by atoms with Crippen molar-refractivity contribution in [2.75, 3.05) is 6.54 Å². The lowest BCUT2D eigenvalue weighted by Gasteiger charge is -1.91. The Hall–Kier alpha value is -1.48. The fourth-order valence-corrected chi connectivity index (χ4v) is 0.769. The van der Waals surface area contributed by atoms with Crippen LogP contribution in [0.15, 0.2) is 36.5 Å². The zero-order valence-electron chi connectivity index (χ0n) is 6.60. The van der Waals surface area contributed by atoms with Crippen LogP contribution in [-0.2, 0) is 0 Å². The summed E-state index contributed by atoms with van der Waals surface area (Å²) in [6.45, 7) is 0.374. The summed E-state index contributed by atoms with van der Waals surface area (Å²) in [7, 11) is 0. The number of ketones is 1. The van der Waals surface area contributed by atoms with E-state index in [1.165, 1.54) is 6.08 Å². The Morgan fingerprint density at radius 2 is 2.42 bits per heavy atom. The predicted molar refractivity (Wildman–Crippen MR) is 46.8 cm³/mol. The molecule has 0 amide bonds. The van der Waals surface area contributed by atoms with Crippen molar-refractivity contribution >= 4 is 5.78 Å². The van der Waals surface area contributed by atoms with Crippen LogP contribution >= 0.6 is 0 Å². The van der Waals surface area contributed by atoms with E-state index in [9.17, 15) is 4.79 Å². The van der Waals surface area contributed by atoms with Gasteiger partial charge in [-0.15, -0.1) is 0 Å². The minimum Gasteiger partial charge on any atom is -0.327 e. The van der Waals surface area contributed by atoms with E-state index in [0.717, 1.165) is 0 Å². The SMILES string of the molecule is NC/C=C/C(=O)c1ccccn1. The molecule has 1 aromatic heterocycles. The van der Waals surface area contributed by atoms with Crippen LogP contribution in [0.3, 0.4) is 0 Å². The van der Waals surface area contributed by atoms with Crippen LogP contribution in [0.4, 0.5) is 0 Å². The first-order valence-electron chi connectivity index (χ1n) is 3.66. The molecule has 0 bridgehead atoms. The van der Waals surface area contributed by atoms with E-state index in [1.807, 2.05) is 0 Å². The Balaban J connectivity index is 2.72. The fourth-order valence-electron chi connectivity index (χ4n) is 0.769. The maximum atomic E-state index is 11.2. The minimum absolute atomic E-state index is 0.110. The molecule has 62 valence electrons. The van der Waals surface area contributed by atoms with Crippen LogP contribution in [0.2, 0.25) is 0 Å². The lowest BCUT2D eigenvalue weighted by Crippen LogP contribution is -1.99. The summed E-state index contributed by atoms with van der Waals surface area (Å²) in [4.78, 5) is 15.1. The summed E-state index contributed by atoms with van der Waals surface area (Å²) in [5.41, 5.74) is 5.64. The van der Waals surface area contributed by atoms with E-state index in [1.54, 1.807) is 30.5 Å². The molecule has 0 fully saturated rings. The first-order chi connectivity index (χ1) is 5.84. The summed E-state index contributed by atoms with van der Waals surface area (Å²) in [6.07, 6.45) is 4.63. The lowest BCUT2D eigenvalue weighted by molar-refractivity contribution is 0.104. The first kappa shape index (κ1) is 8.62. The molecule has 1 rings (SSSR count). The molecule has 0 spiro atoms. The fraction of sp³-hybridized carbons (Fsp3) is 0.111. The zero-order valence-corrected chi connectivity index (χ0v) is 6.60. The van der Waals surface area contributed by atoms with Gasteiger partial charge in [0.15, 0.2) is 0 Å². The number of rotatable bonds is 3. The van der Waals surface area contributed by atoms with E-state index in [0.29, 0.717) is 12.2 Å². The number of carbonyl (C=O) groups is 1. The summed E-state index contributed by atoms with van der Waals surface area (Å²) in [5.74, 6) is -0.110. The van der Waals surface area contributed by atoms with Crippen molar-refractivity contribution in [2.45, 2.75) is 0 Å². The zero-order chi connectivity index (χ0) is 8.81. The monoisotopic (exact) mass is 162 g/mol. The second kappa shape index (κ2) is 4.41. The molecule has 2 N–H and O–H groups in total. The van der Waals surface area contributed by atoms with Gasteiger partial charge in [0.05, 0.1) is 0 Å². The molecule has 12 heavy (non-hydrogen) atoms. The summed E-state index contributed by atoms with van der Waals surface area (Å²) in [5, 5.41) is 0. The number of allylic oxidation sites excluding steroid dienone is 1. The van der Waals surface area contributed by atoms with Crippen LogP contribution in [0.5, 0.6) is 0 Å². The van der Waals surface area contributed by atoms with Gasteiger partial charge in [0, 0.05) is 12.7 Å². The molecular weight excluding hydrogens is 152 g/mol. The van der Waals surface area contributed by atoms with E-state index in [2.05, 4.69) is 4.98 Å². The molecule has 1 aromatic rings. The highest BCUT2D eigenvalue weighted by Gasteiger charge is 1.99. The third kappa shape index (κ3) is 2.29. The van der Waals surface area contributed by atoms with Gasteiger partial charge >= 0.3 is 0 Å². The molecule has 0 aliphatic carbocycles. The lowest BCUT2D eigenvalue weighted by atomic mass is 10.2. The van der Waals surface area contributed by atoms with Crippen LogP contribution in [0.1, 0.15) is 10.5 Å². The second-order valence-corrected chi connectivity index (χ2v) is 2.22.